The largest absolute Gasteiger partial charge is 0.375 e. The highest BCUT2D eigenvalue weighted by Gasteiger charge is 2.54. The van der Waals surface area contributed by atoms with E-state index in [0.29, 0.717) is 23.5 Å². The standard InChI is InChI=1S/C27H30N4O3/c32-25(27(9-10-27)22-4-2-1-3-5-22)31-15-11-26(12-16-31)19-20(8-17-33-26)18-23-29-24(30-34-23)21-6-13-28-14-7-21/h1-7,13-14,20H,8-12,15-19H2. The van der Waals surface area contributed by atoms with Gasteiger partial charge >= 0.3 is 0 Å². The second kappa shape index (κ2) is 8.62. The highest BCUT2D eigenvalue weighted by Crippen LogP contribution is 2.50. The van der Waals surface area contributed by atoms with E-state index in [2.05, 4.69) is 32.2 Å². The molecule has 1 aromatic carbocycles. The van der Waals surface area contributed by atoms with Gasteiger partial charge in [-0.15, -0.1) is 0 Å². The summed E-state index contributed by atoms with van der Waals surface area (Å²) in [4.78, 5) is 24.2. The van der Waals surface area contributed by atoms with Gasteiger partial charge in [0.05, 0.1) is 11.0 Å². The quantitative estimate of drug-likeness (QED) is 0.570. The summed E-state index contributed by atoms with van der Waals surface area (Å²) in [5, 5.41) is 4.15. The number of amides is 1. The van der Waals surface area contributed by atoms with Gasteiger partial charge in [0.1, 0.15) is 0 Å². The lowest BCUT2D eigenvalue weighted by molar-refractivity contribution is -0.149. The lowest BCUT2D eigenvalue weighted by Crippen LogP contribution is -2.52. The lowest BCUT2D eigenvalue weighted by Gasteiger charge is -2.46. The average Bonchev–Trinajstić information content (AvgIpc) is 3.58. The molecule has 7 heteroatoms. The van der Waals surface area contributed by atoms with Crippen molar-refractivity contribution >= 4 is 5.91 Å². The Bertz CT molecular complexity index is 1130. The third kappa shape index (κ3) is 4.02. The van der Waals surface area contributed by atoms with E-state index < -0.39 is 0 Å². The van der Waals surface area contributed by atoms with Crippen molar-refractivity contribution < 1.29 is 14.1 Å². The van der Waals surface area contributed by atoms with Gasteiger partial charge < -0.3 is 14.2 Å². The Morgan fingerprint density at radius 3 is 2.53 bits per heavy atom. The first-order chi connectivity index (χ1) is 16.7. The molecule has 2 aliphatic heterocycles. The van der Waals surface area contributed by atoms with Crippen LogP contribution in [0.15, 0.2) is 59.4 Å². The van der Waals surface area contributed by atoms with Gasteiger partial charge in [0.15, 0.2) is 0 Å². The predicted octanol–water partition coefficient (Wildman–Crippen LogP) is 4.19. The number of hydrogen-bond acceptors (Lipinski definition) is 6. The minimum atomic E-state index is -0.286. The normalized spacial score (nSPS) is 23.1. The number of carbonyl (C=O) groups is 1. The van der Waals surface area contributed by atoms with Gasteiger partial charge in [-0.2, -0.15) is 4.98 Å². The third-order valence-electron chi connectivity index (χ3n) is 7.91. The number of pyridine rings is 1. The zero-order valence-corrected chi connectivity index (χ0v) is 19.4. The Labute approximate surface area is 199 Å². The Balaban J connectivity index is 1.07. The van der Waals surface area contributed by atoms with E-state index in [-0.39, 0.29) is 11.0 Å². The molecule has 0 N–H and O–H groups in total. The smallest absolute Gasteiger partial charge is 0.233 e. The van der Waals surface area contributed by atoms with Crippen LogP contribution in [0, 0.1) is 5.92 Å². The first kappa shape index (κ1) is 21.5. The van der Waals surface area contributed by atoms with Crippen LogP contribution in [0.1, 0.15) is 50.0 Å². The zero-order valence-electron chi connectivity index (χ0n) is 19.4. The topological polar surface area (TPSA) is 81.4 Å². The first-order valence-electron chi connectivity index (χ1n) is 12.4. The van der Waals surface area contributed by atoms with Gasteiger partial charge in [-0.05, 0) is 62.1 Å². The fourth-order valence-electron chi connectivity index (χ4n) is 5.78. The van der Waals surface area contributed by atoms with Gasteiger partial charge in [-0.3, -0.25) is 9.78 Å². The van der Waals surface area contributed by atoms with Gasteiger partial charge in [0, 0.05) is 44.1 Å². The first-order valence-corrected chi connectivity index (χ1v) is 12.4. The molecule has 1 amide bonds. The molecule has 4 heterocycles. The van der Waals surface area contributed by atoms with Gasteiger partial charge in [0.2, 0.25) is 17.6 Å². The summed E-state index contributed by atoms with van der Waals surface area (Å²) >= 11 is 0. The molecule has 34 heavy (non-hydrogen) atoms. The summed E-state index contributed by atoms with van der Waals surface area (Å²) in [5.74, 6) is 2.04. The minimum Gasteiger partial charge on any atom is -0.375 e. The fraction of sp³-hybridized carbons (Fsp3) is 0.481. The van der Waals surface area contributed by atoms with Crippen molar-refractivity contribution in [1.29, 1.82) is 0 Å². The van der Waals surface area contributed by atoms with Crippen LogP contribution >= 0.6 is 0 Å². The van der Waals surface area contributed by atoms with Crippen LogP contribution in [0.5, 0.6) is 0 Å². The molecule has 1 atom stereocenters. The van der Waals surface area contributed by atoms with E-state index in [1.54, 1.807) is 12.4 Å². The second-order valence-corrected chi connectivity index (χ2v) is 10.1. The molecule has 1 saturated carbocycles. The molecule has 2 saturated heterocycles. The van der Waals surface area contributed by atoms with Crippen LogP contribution in [0.3, 0.4) is 0 Å². The number of piperidine rings is 1. The van der Waals surface area contributed by atoms with Crippen LogP contribution in [0.25, 0.3) is 11.4 Å². The average molecular weight is 459 g/mol. The lowest BCUT2D eigenvalue weighted by atomic mass is 9.78. The van der Waals surface area contributed by atoms with E-state index >= 15 is 0 Å². The predicted molar refractivity (Wildman–Crippen MR) is 126 cm³/mol. The van der Waals surface area contributed by atoms with Crippen molar-refractivity contribution in [2.45, 2.75) is 56.0 Å². The maximum atomic E-state index is 13.4. The highest BCUT2D eigenvalue weighted by atomic mass is 16.5. The number of nitrogens with zero attached hydrogens (tertiary/aromatic N) is 4. The number of benzene rings is 1. The zero-order chi connectivity index (χ0) is 23.0. The highest BCUT2D eigenvalue weighted by molar-refractivity contribution is 5.91. The van der Waals surface area contributed by atoms with E-state index in [4.69, 9.17) is 9.26 Å². The summed E-state index contributed by atoms with van der Waals surface area (Å²) in [6.45, 7) is 2.29. The molecule has 3 fully saturated rings. The number of aromatic nitrogens is 3. The second-order valence-electron chi connectivity index (χ2n) is 10.1. The summed E-state index contributed by atoms with van der Waals surface area (Å²) in [7, 11) is 0. The summed E-state index contributed by atoms with van der Waals surface area (Å²) < 4.78 is 11.9. The number of carbonyl (C=O) groups excluding carboxylic acids is 1. The molecule has 176 valence electrons. The van der Waals surface area contributed by atoms with Crippen molar-refractivity contribution in [2.24, 2.45) is 5.92 Å². The van der Waals surface area contributed by atoms with Crippen LogP contribution in [-0.2, 0) is 21.4 Å². The summed E-state index contributed by atoms with van der Waals surface area (Å²) in [6, 6.07) is 14.1. The molecular formula is C27H30N4O3. The molecule has 1 unspecified atom stereocenters. The van der Waals surface area contributed by atoms with Crippen molar-refractivity contribution in [3.05, 3.63) is 66.3 Å². The molecular weight excluding hydrogens is 428 g/mol. The molecule has 0 bridgehead atoms. The minimum absolute atomic E-state index is 0.142. The molecule has 1 aliphatic carbocycles. The number of rotatable bonds is 5. The molecule has 0 radical (unpaired) electrons. The summed E-state index contributed by atoms with van der Waals surface area (Å²) in [5.41, 5.74) is 1.65. The molecule has 3 aliphatic rings. The van der Waals surface area contributed by atoms with Gasteiger partial charge in [-0.25, -0.2) is 0 Å². The van der Waals surface area contributed by atoms with Gasteiger partial charge in [-0.1, -0.05) is 35.5 Å². The number of ether oxygens (including phenoxy) is 1. The monoisotopic (exact) mass is 458 g/mol. The Morgan fingerprint density at radius 2 is 1.79 bits per heavy atom. The SMILES string of the molecule is O=C(N1CCC2(CC1)CC(Cc1nc(-c3ccncc3)no1)CCO2)C1(c2ccccc2)CC1. The number of hydrogen-bond donors (Lipinski definition) is 0. The van der Waals surface area contributed by atoms with Crippen LogP contribution in [-0.4, -0.2) is 51.2 Å². The molecule has 2 aromatic heterocycles. The van der Waals surface area contributed by atoms with E-state index in [9.17, 15) is 4.79 Å². The fourth-order valence-corrected chi connectivity index (χ4v) is 5.78. The van der Waals surface area contributed by atoms with Crippen LogP contribution < -0.4 is 0 Å². The number of likely N-dealkylation sites (tertiary alicyclic amines) is 1. The Hall–Kier alpha value is -3.06. The van der Waals surface area contributed by atoms with E-state index in [1.165, 1.54) is 5.56 Å². The Kier molecular flexibility index (Phi) is 5.44. The maximum absolute atomic E-state index is 13.4. The Morgan fingerprint density at radius 1 is 1.03 bits per heavy atom. The summed E-state index contributed by atoms with van der Waals surface area (Å²) in [6.07, 6.45) is 9.91. The third-order valence-corrected chi connectivity index (χ3v) is 7.91. The van der Waals surface area contributed by atoms with Crippen molar-refractivity contribution in [1.82, 2.24) is 20.0 Å². The van der Waals surface area contributed by atoms with Crippen molar-refractivity contribution in [2.75, 3.05) is 19.7 Å². The molecule has 3 aromatic rings. The van der Waals surface area contributed by atoms with Gasteiger partial charge in [0.25, 0.3) is 0 Å². The maximum Gasteiger partial charge on any atom is 0.233 e. The van der Waals surface area contributed by atoms with Crippen LogP contribution in [0.4, 0.5) is 0 Å². The van der Waals surface area contributed by atoms with E-state index in [1.807, 2.05) is 30.3 Å². The molecule has 1 spiro atoms. The molecule has 7 nitrogen and oxygen atoms in total. The van der Waals surface area contributed by atoms with Crippen LogP contribution in [0.2, 0.25) is 0 Å². The van der Waals surface area contributed by atoms with E-state index in [0.717, 1.165) is 70.2 Å². The van der Waals surface area contributed by atoms with Crippen molar-refractivity contribution in [3.63, 3.8) is 0 Å². The molecule has 6 rings (SSSR count). The van der Waals surface area contributed by atoms with Crippen molar-refractivity contribution in [3.8, 4) is 11.4 Å².